The molecule has 6 nitrogen and oxygen atoms in total. The molecule has 1 amide bonds. The van der Waals surface area contributed by atoms with Gasteiger partial charge in [0.05, 0.1) is 25.7 Å². The summed E-state index contributed by atoms with van der Waals surface area (Å²) in [6.07, 6.45) is 4.66. The quantitative estimate of drug-likeness (QED) is 0.422. The summed E-state index contributed by atoms with van der Waals surface area (Å²) in [5, 5.41) is 1.22. The van der Waals surface area contributed by atoms with Gasteiger partial charge in [-0.3, -0.25) is 9.78 Å². The number of ether oxygens (including phenoxy) is 2. The normalized spacial score (nSPS) is 15.2. The number of nitrogens with zero attached hydrogens (tertiary/aromatic N) is 2. The number of pyridine rings is 1. The Labute approximate surface area is 199 Å². The number of nitrogens with one attached hydrogen (secondary N) is 1. The summed E-state index contributed by atoms with van der Waals surface area (Å²) < 4.78 is 11.7. The highest BCUT2D eigenvalue weighted by molar-refractivity contribution is 5.87. The highest BCUT2D eigenvalue weighted by Crippen LogP contribution is 2.39. The van der Waals surface area contributed by atoms with Crippen LogP contribution >= 0.6 is 0 Å². The molecule has 2 aromatic carbocycles. The number of hydrogen-bond donors (Lipinski definition) is 1. The van der Waals surface area contributed by atoms with Gasteiger partial charge < -0.3 is 19.4 Å². The Morgan fingerprint density at radius 1 is 1.06 bits per heavy atom. The first-order chi connectivity index (χ1) is 16.7. The largest absolute Gasteiger partial charge is 0.490 e. The molecule has 1 unspecified atom stereocenters. The standard InChI is InChI=1S/C28H29N3O3/c1-3-33-24-13-7-9-19(28(24)34-4-2)17-25(32)31-16-14-22-21-11-5-6-12-23(21)30-26(22)27(31)20-10-8-15-29-18-20/h5-13,15,18,27,30H,3-4,14,16-17H2,1-2H3. The summed E-state index contributed by atoms with van der Waals surface area (Å²) in [5.74, 6) is 1.38. The van der Waals surface area contributed by atoms with Crippen LogP contribution in [0.2, 0.25) is 0 Å². The van der Waals surface area contributed by atoms with Crippen molar-refractivity contribution in [3.05, 3.63) is 89.4 Å². The number of aromatic amines is 1. The van der Waals surface area contributed by atoms with Crippen molar-refractivity contribution in [2.24, 2.45) is 0 Å². The van der Waals surface area contributed by atoms with Crippen LogP contribution in [0.4, 0.5) is 0 Å². The fraction of sp³-hybridized carbons (Fsp3) is 0.286. The van der Waals surface area contributed by atoms with Crippen LogP contribution in [0.15, 0.2) is 67.0 Å². The zero-order valence-electron chi connectivity index (χ0n) is 19.6. The average Bonchev–Trinajstić information content (AvgIpc) is 3.25. The van der Waals surface area contributed by atoms with Crippen LogP contribution in [-0.2, 0) is 17.6 Å². The number of H-pyrrole nitrogens is 1. The number of fused-ring (bicyclic) bond motifs is 3. The van der Waals surface area contributed by atoms with E-state index < -0.39 is 0 Å². The van der Waals surface area contributed by atoms with Crippen LogP contribution in [0, 0.1) is 0 Å². The molecule has 5 rings (SSSR count). The molecule has 0 radical (unpaired) electrons. The Kier molecular flexibility index (Phi) is 6.21. The minimum Gasteiger partial charge on any atom is -0.490 e. The molecule has 0 bridgehead atoms. The molecule has 6 heteroatoms. The lowest BCUT2D eigenvalue weighted by atomic mass is 9.92. The van der Waals surface area contributed by atoms with Gasteiger partial charge in [0.25, 0.3) is 0 Å². The van der Waals surface area contributed by atoms with Crippen molar-refractivity contribution in [2.45, 2.75) is 32.7 Å². The first-order valence-electron chi connectivity index (χ1n) is 11.9. The summed E-state index contributed by atoms with van der Waals surface area (Å²) in [6.45, 7) is 5.57. The number of para-hydroxylation sites is 2. The van der Waals surface area contributed by atoms with Gasteiger partial charge in [0, 0.05) is 41.1 Å². The molecule has 34 heavy (non-hydrogen) atoms. The van der Waals surface area contributed by atoms with Crippen LogP contribution in [0.5, 0.6) is 11.5 Å². The molecule has 0 aliphatic carbocycles. The molecule has 2 aromatic heterocycles. The van der Waals surface area contributed by atoms with E-state index >= 15 is 0 Å². The second kappa shape index (κ2) is 9.59. The number of rotatable bonds is 7. The fourth-order valence-electron chi connectivity index (χ4n) is 4.94. The SMILES string of the molecule is CCOc1cccc(CC(=O)N2CCc3c([nH]c4ccccc34)C2c2cccnc2)c1OCC. The Morgan fingerprint density at radius 2 is 1.91 bits per heavy atom. The molecule has 0 fully saturated rings. The van der Waals surface area contributed by atoms with Crippen LogP contribution in [0.3, 0.4) is 0 Å². The highest BCUT2D eigenvalue weighted by Gasteiger charge is 2.35. The first-order valence-corrected chi connectivity index (χ1v) is 11.9. The molecule has 0 spiro atoms. The summed E-state index contributed by atoms with van der Waals surface area (Å²) >= 11 is 0. The van der Waals surface area contributed by atoms with Gasteiger partial charge in [-0.1, -0.05) is 36.4 Å². The Bertz CT molecular complexity index is 1300. The summed E-state index contributed by atoms with van der Waals surface area (Å²) in [6, 6.07) is 17.8. The third-order valence-corrected chi connectivity index (χ3v) is 6.35. The van der Waals surface area contributed by atoms with E-state index in [-0.39, 0.29) is 18.4 Å². The third kappa shape index (κ3) is 4.00. The van der Waals surface area contributed by atoms with Crippen LogP contribution < -0.4 is 9.47 Å². The van der Waals surface area contributed by atoms with Gasteiger partial charge in [-0.2, -0.15) is 0 Å². The average molecular weight is 456 g/mol. The fourth-order valence-corrected chi connectivity index (χ4v) is 4.94. The smallest absolute Gasteiger partial charge is 0.227 e. The predicted octanol–water partition coefficient (Wildman–Crippen LogP) is 5.08. The van der Waals surface area contributed by atoms with Gasteiger partial charge in [0.2, 0.25) is 5.91 Å². The van der Waals surface area contributed by atoms with Crippen molar-refractivity contribution in [1.82, 2.24) is 14.9 Å². The van der Waals surface area contributed by atoms with Gasteiger partial charge in [0.15, 0.2) is 11.5 Å². The van der Waals surface area contributed by atoms with Crippen molar-refractivity contribution >= 4 is 16.8 Å². The monoisotopic (exact) mass is 455 g/mol. The molecule has 4 aromatic rings. The first kappa shape index (κ1) is 22.0. The van der Waals surface area contributed by atoms with E-state index in [1.165, 1.54) is 10.9 Å². The van der Waals surface area contributed by atoms with Gasteiger partial charge >= 0.3 is 0 Å². The van der Waals surface area contributed by atoms with Crippen LogP contribution in [-0.4, -0.2) is 40.5 Å². The van der Waals surface area contributed by atoms with E-state index in [0.717, 1.165) is 28.8 Å². The van der Waals surface area contributed by atoms with Crippen LogP contribution in [0.25, 0.3) is 10.9 Å². The van der Waals surface area contributed by atoms with E-state index in [0.29, 0.717) is 31.3 Å². The predicted molar refractivity (Wildman–Crippen MR) is 132 cm³/mol. The maximum Gasteiger partial charge on any atom is 0.227 e. The lowest BCUT2D eigenvalue weighted by Crippen LogP contribution is -2.41. The zero-order chi connectivity index (χ0) is 23.5. The van der Waals surface area contributed by atoms with Crippen molar-refractivity contribution in [2.75, 3.05) is 19.8 Å². The molecule has 174 valence electrons. The number of benzene rings is 2. The Morgan fingerprint density at radius 3 is 2.71 bits per heavy atom. The van der Waals surface area contributed by atoms with E-state index in [4.69, 9.17) is 9.47 Å². The summed E-state index contributed by atoms with van der Waals surface area (Å²) in [7, 11) is 0. The van der Waals surface area contributed by atoms with Crippen molar-refractivity contribution in [1.29, 1.82) is 0 Å². The lowest BCUT2D eigenvalue weighted by Gasteiger charge is -2.36. The number of amides is 1. The molecular weight excluding hydrogens is 426 g/mol. The second-order valence-corrected chi connectivity index (χ2v) is 8.38. The topological polar surface area (TPSA) is 67.5 Å². The maximum atomic E-state index is 13.8. The zero-order valence-corrected chi connectivity index (χ0v) is 19.6. The maximum absolute atomic E-state index is 13.8. The molecule has 1 aliphatic rings. The van der Waals surface area contributed by atoms with Crippen molar-refractivity contribution < 1.29 is 14.3 Å². The van der Waals surface area contributed by atoms with Gasteiger partial charge in [0.1, 0.15) is 0 Å². The number of carbonyl (C=O) groups is 1. The molecule has 1 atom stereocenters. The molecule has 3 heterocycles. The van der Waals surface area contributed by atoms with Gasteiger partial charge in [-0.25, -0.2) is 0 Å². The van der Waals surface area contributed by atoms with Crippen molar-refractivity contribution in [3.8, 4) is 11.5 Å². The molecular formula is C28H29N3O3. The van der Waals surface area contributed by atoms with E-state index in [1.807, 2.05) is 61.3 Å². The Balaban J connectivity index is 1.53. The highest BCUT2D eigenvalue weighted by atomic mass is 16.5. The number of carbonyl (C=O) groups excluding carboxylic acids is 1. The van der Waals surface area contributed by atoms with Gasteiger partial charge in [-0.05, 0) is 49.6 Å². The summed E-state index contributed by atoms with van der Waals surface area (Å²) in [4.78, 5) is 23.7. The lowest BCUT2D eigenvalue weighted by molar-refractivity contribution is -0.132. The number of aromatic nitrogens is 2. The minimum atomic E-state index is -0.219. The Hall–Kier alpha value is -3.80. The molecule has 1 aliphatic heterocycles. The van der Waals surface area contributed by atoms with Crippen molar-refractivity contribution in [3.63, 3.8) is 0 Å². The van der Waals surface area contributed by atoms with E-state index in [9.17, 15) is 4.79 Å². The molecule has 0 saturated heterocycles. The van der Waals surface area contributed by atoms with E-state index in [2.05, 4.69) is 28.2 Å². The summed E-state index contributed by atoms with van der Waals surface area (Å²) in [5.41, 5.74) is 5.28. The van der Waals surface area contributed by atoms with E-state index in [1.54, 1.807) is 6.20 Å². The molecule has 1 N–H and O–H groups in total. The number of hydrogen-bond acceptors (Lipinski definition) is 4. The minimum absolute atomic E-state index is 0.0489. The molecule has 0 saturated carbocycles. The van der Waals surface area contributed by atoms with Crippen LogP contribution in [0.1, 0.15) is 42.3 Å². The second-order valence-electron chi connectivity index (χ2n) is 8.38. The van der Waals surface area contributed by atoms with Gasteiger partial charge in [-0.15, -0.1) is 0 Å². The third-order valence-electron chi connectivity index (χ3n) is 6.35.